The van der Waals surface area contributed by atoms with Crippen molar-refractivity contribution in [2.24, 2.45) is 0 Å². The van der Waals surface area contributed by atoms with Crippen molar-refractivity contribution < 1.29 is 18.3 Å². The zero-order chi connectivity index (χ0) is 15.9. The lowest BCUT2D eigenvalue weighted by atomic mass is 10.0. The molecule has 2 aromatic rings. The number of β-amino-alcohol motifs (C(OH)–C–C–N with tert-alkyl or cyclic N) is 1. The van der Waals surface area contributed by atoms with E-state index < -0.39 is 17.7 Å². The second-order valence-corrected chi connectivity index (χ2v) is 5.76. The molecule has 3 rings (SSSR count). The Morgan fingerprint density at radius 2 is 2.09 bits per heavy atom. The van der Waals surface area contributed by atoms with Crippen LogP contribution >= 0.6 is 0 Å². The molecule has 1 fully saturated rings. The number of aryl methyl sites for hydroxylation is 2. The van der Waals surface area contributed by atoms with E-state index in [1.54, 1.807) is 6.07 Å². The van der Waals surface area contributed by atoms with Crippen molar-refractivity contribution in [1.29, 1.82) is 0 Å². The molecule has 0 amide bonds. The summed E-state index contributed by atoms with van der Waals surface area (Å²) in [6.07, 6.45) is -0.0284. The van der Waals surface area contributed by atoms with E-state index in [1.807, 2.05) is 18.7 Å². The molecule has 1 aliphatic rings. The average molecular weight is 308 g/mol. The van der Waals surface area contributed by atoms with Gasteiger partial charge < -0.3 is 9.52 Å². The summed E-state index contributed by atoms with van der Waals surface area (Å²) in [6, 6.07) is 3.68. The third kappa shape index (κ3) is 2.89. The third-order valence-corrected chi connectivity index (χ3v) is 4.12. The quantitative estimate of drug-likeness (QED) is 0.947. The summed E-state index contributed by atoms with van der Waals surface area (Å²) in [4.78, 5) is 6.31. The van der Waals surface area contributed by atoms with Gasteiger partial charge in [0.15, 0.2) is 11.6 Å². The number of hydrogen-bond acceptors (Lipinski definition) is 4. The standard InChI is InChI=1S/C16H18F2N2O2/c1-9-10(2)22-16(19-9)8-20-7-12(21)6-15(20)11-3-4-13(17)14(18)5-11/h3-5,12,15,21H,6-8H2,1-2H3/t12-,15+/m1/s1. The van der Waals surface area contributed by atoms with E-state index in [2.05, 4.69) is 4.98 Å². The minimum Gasteiger partial charge on any atom is -0.444 e. The first kappa shape index (κ1) is 15.1. The number of benzene rings is 1. The normalized spacial score (nSPS) is 22.4. The fraction of sp³-hybridized carbons (Fsp3) is 0.438. The van der Waals surface area contributed by atoms with E-state index in [0.717, 1.165) is 17.5 Å². The van der Waals surface area contributed by atoms with E-state index in [1.165, 1.54) is 6.07 Å². The second kappa shape index (κ2) is 5.78. The van der Waals surface area contributed by atoms with Crippen molar-refractivity contribution in [1.82, 2.24) is 9.88 Å². The molecule has 1 N–H and O–H groups in total. The zero-order valence-electron chi connectivity index (χ0n) is 12.5. The van der Waals surface area contributed by atoms with Crippen LogP contribution in [-0.2, 0) is 6.54 Å². The Kier molecular flexibility index (Phi) is 3.97. The number of aliphatic hydroxyl groups excluding tert-OH is 1. The lowest BCUT2D eigenvalue weighted by molar-refractivity contribution is 0.167. The third-order valence-electron chi connectivity index (χ3n) is 4.12. The van der Waals surface area contributed by atoms with E-state index in [9.17, 15) is 13.9 Å². The molecule has 1 aromatic heterocycles. The van der Waals surface area contributed by atoms with E-state index >= 15 is 0 Å². The first-order valence-electron chi connectivity index (χ1n) is 7.24. The average Bonchev–Trinajstić information content (AvgIpc) is 2.96. The van der Waals surface area contributed by atoms with Crippen LogP contribution in [0.25, 0.3) is 0 Å². The van der Waals surface area contributed by atoms with E-state index in [-0.39, 0.29) is 6.04 Å². The Bertz CT molecular complexity index is 667. The molecule has 2 atom stereocenters. The number of halogens is 2. The van der Waals surface area contributed by atoms with Crippen molar-refractivity contribution in [3.63, 3.8) is 0 Å². The van der Waals surface area contributed by atoms with Crippen LogP contribution in [0.3, 0.4) is 0 Å². The molecule has 1 saturated heterocycles. The molecular weight excluding hydrogens is 290 g/mol. The van der Waals surface area contributed by atoms with Crippen molar-refractivity contribution in [2.45, 2.75) is 39.0 Å². The molecule has 118 valence electrons. The summed E-state index contributed by atoms with van der Waals surface area (Å²) < 4.78 is 32.1. The molecular formula is C16H18F2N2O2. The highest BCUT2D eigenvalue weighted by molar-refractivity contribution is 5.23. The van der Waals surface area contributed by atoms with Gasteiger partial charge in [-0.05, 0) is 38.0 Å². The SMILES string of the molecule is Cc1nc(CN2C[C@H](O)C[C@H]2c2ccc(F)c(F)c2)oc1C. The number of rotatable bonds is 3. The van der Waals surface area contributed by atoms with Gasteiger partial charge in [0.2, 0.25) is 5.89 Å². The summed E-state index contributed by atoms with van der Waals surface area (Å²) in [5, 5.41) is 9.93. The number of oxazole rings is 1. The van der Waals surface area contributed by atoms with Crippen molar-refractivity contribution in [2.75, 3.05) is 6.54 Å². The fourth-order valence-electron chi connectivity index (χ4n) is 2.90. The van der Waals surface area contributed by atoms with E-state index in [0.29, 0.717) is 31.0 Å². The monoisotopic (exact) mass is 308 g/mol. The van der Waals surface area contributed by atoms with Crippen LogP contribution in [0, 0.1) is 25.5 Å². The lowest BCUT2D eigenvalue weighted by Crippen LogP contribution is -2.24. The van der Waals surface area contributed by atoms with Crippen molar-refractivity contribution in [3.8, 4) is 0 Å². The summed E-state index contributed by atoms with van der Waals surface area (Å²) in [6.45, 7) is 4.59. The Morgan fingerprint density at radius 3 is 2.73 bits per heavy atom. The maximum absolute atomic E-state index is 13.5. The van der Waals surface area contributed by atoms with Crippen LogP contribution in [0.15, 0.2) is 22.6 Å². The van der Waals surface area contributed by atoms with Crippen LogP contribution in [-0.4, -0.2) is 27.6 Å². The van der Waals surface area contributed by atoms with Crippen molar-refractivity contribution in [3.05, 3.63) is 52.7 Å². The molecule has 1 aromatic carbocycles. The maximum Gasteiger partial charge on any atom is 0.208 e. The van der Waals surface area contributed by atoms with E-state index in [4.69, 9.17) is 4.42 Å². The van der Waals surface area contributed by atoms with Gasteiger partial charge in [0.25, 0.3) is 0 Å². The Hall–Kier alpha value is -1.79. The first-order valence-corrected chi connectivity index (χ1v) is 7.24. The van der Waals surface area contributed by atoms with Crippen LogP contribution < -0.4 is 0 Å². The summed E-state index contributed by atoms with van der Waals surface area (Å²) in [5.41, 5.74) is 1.48. The highest BCUT2D eigenvalue weighted by Crippen LogP contribution is 2.34. The summed E-state index contributed by atoms with van der Waals surface area (Å²) in [5.74, 6) is -0.412. The molecule has 0 spiro atoms. The molecule has 1 aliphatic heterocycles. The molecule has 6 heteroatoms. The van der Waals surface area contributed by atoms with Crippen LogP contribution in [0.4, 0.5) is 8.78 Å². The Balaban J connectivity index is 1.83. The van der Waals surface area contributed by atoms with Gasteiger partial charge in [0.1, 0.15) is 5.76 Å². The van der Waals surface area contributed by atoms with Gasteiger partial charge in [-0.3, -0.25) is 4.90 Å². The second-order valence-electron chi connectivity index (χ2n) is 5.76. The minimum absolute atomic E-state index is 0.183. The number of likely N-dealkylation sites (tertiary alicyclic amines) is 1. The van der Waals surface area contributed by atoms with Crippen LogP contribution in [0.2, 0.25) is 0 Å². The smallest absolute Gasteiger partial charge is 0.208 e. The van der Waals surface area contributed by atoms with Gasteiger partial charge in [-0.15, -0.1) is 0 Å². The van der Waals surface area contributed by atoms with Gasteiger partial charge in [-0.1, -0.05) is 6.07 Å². The molecule has 0 aliphatic carbocycles. The number of aromatic nitrogens is 1. The van der Waals surface area contributed by atoms with Crippen LogP contribution in [0.1, 0.15) is 35.4 Å². The van der Waals surface area contributed by atoms with Gasteiger partial charge in [-0.25, -0.2) is 13.8 Å². The first-order chi connectivity index (χ1) is 10.4. The number of hydrogen-bond donors (Lipinski definition) is 1. The lowest BCUT2D eigenvalue weighted by Gasteiger charge is -2.23. The molecule has 0 bridgehead atoms. The highest BCUT2D eigenvalue weighted by atomic mass is 19.2. The zero-order valence-corrected chi connectivity index (χ0v) is 12.5. The number of aliphatic hydroxyl groups is 1. The molecule has 0 unspecified atom stereocenters. The van der Waals surface area contributed by atoms with Gasteiger partial charge in [-0.2, -0.15) is 0 Å². The maximum atomic E-state index is 13.5. The van der Waals surface area contributed by atoms with Gasteiger partial charge in [0, 0.05) is 12.6 Å². The predicted molar refractivity (Wildman–Crippen MR) is 76.1 cm³/mol. The molecule has 4 nitrogen and oxygen atoms in total. The van der Waals surface area contributed by atoms with Crippen molar-refractivity contribution >= 4 is 0 Å². The fourth-order valence-corrected chi connectivity index (χ4v) is 2.90. The van der Waals surface area contributed by atoms with Gasteiger partial charge >= 0.3 is 0 Å². The summed E-state index contributed by atoms with van der Waals surface area (Å²) >= 11 is 0. The topological polar surface area (TPSA) is 49.5 Å². The Morgan fingerprint density at radius 1 is 1.32 bits per heavy atom. The molecule has 0 radical (unpaired) electrons. The number of nitrogens with zero attached hydrogens (tertiary/aromatic N) is 2. The van der Waals surface area contributed by atoms with Crippen LogP contribution in [0.5, 0.6) is 0 Å². The molecule has 0 saturated carbocycles. The molecule has 22 heavy (non-hydrogen) atoms. The minimum atomic E-state index is -0.873. The van der Waals surface area contributed by atoms with Gasteiger partial charge in [0.05, 0.1) is 18.3 Å². The largest absolute Gasteiger partial charge is 0.444 e. The predicted octanol–water partition coefficient (Wildman–Crippen LogP) is 2.88. The summed E-state index contributed by atoms with van der Waals surface area (Å²) in [7, 11) is 0. The molecule has 2 heterocycles. The Labute approximate surface area is 127 Å². The highest BCUT2D eigenvalue weighted by Gasteiger charge is 2.33.